The number of nitrogens with one attached hydrogen (secondary N) is 1. The van der Waals surface area contributed by atoms with Crippen LogP contribution in [0.1, 0.15) is 6.92 Å². The molecule has 0 aliphatic rings. The average molecular weight is 272 g/mol. The summed E-state index contributed by atoms with van der Waals surface area (Å²) in [6.07, 6.45) is 0. The summed E-state index contributed by atoms with van der Waals surface area (Å²) in [5.74, 6) is -0.594. The third-order valence-corrected chi connectivity index (χ3v) is 2.78. The molecule has 1 aromatic rings. The van der Waals surface area contributed by atoms with E-state index < -0.39 is 15.9 Å². The zero-order chi connectivity index (χ0) is 9.90. The molecule has 0 saturated heterocycles. The van der Waals surface area contributed by atoms with Crippen LogP contribution in [0.5, 0.6) is 0 Å². The van der Waals surface area contributed by atoms with Crippen molar-refractivity contribution < 1.29 is 13.2 Å². The SMILES string of the molecule is CC(=O)NS(=O)(=O)c1ccccc1.Cl.Cl. The fraction of sp³-hybridized carbons (Fsp3) is 0.125. The zero-order valence-electron chi connectivity index (χ0n) is 7.84. The van der Waals surface area contributed by atoms with E-state index in [1.165, 1.54) is 12.1 Å². The first-order chi connectivity index (χ1) is 6.02. The molecule has 1 rings (SSSR count). The van der Waals surface area contributed by atoms with E-state index in [0.717, 1.165) is 6.92 Å². The minimum atomic E-state index is -3.66. The Kier molecular flexibility index (Phi) is 7.39. The van der Waals surface area contributed by atoms with Gasteiger partial charge < -0.3 is 0 Å². The predicted molar refractivity (Wildman–Crippen MR) is 61.9 cm³/mol. The van der Waals surface area contributed by atoms with Gasteiger partial charge in [-0.2, -0.15) is 0 Å². The van der Waals surface area contributed by atoms with Crippen molar-refractivity contribution in [3.05, 3.63) is 30.3 Å². The summed E-state index contributed by atoms with van der Waals surface area (Å²) in [5.41, 5.74) is 0. The molecule has 0 radical (unpaired) electrons. The molecule has 0 saturated carbocycles. The summed E-state index contributed by atoms with van der Waals surface area (Å²) in [7, 11) is -3.66. The first-order valence-corrected chi connectivity index (χ1v) is 5.09. The normalized spacial score (nSPS) is 9.40. The van der Waals surface area contributed by atoms with Crippen LogP contribution in [0.2, 0.25) is 0 Å². The molecule has 1 N–H and O–H groups in total. The number of carbonyl (C=O) groups excluding carboxylic acids is 1. The highest BCUT2D eigenvalue weighted by atomic mass is 35.5. The Morgan fingerprint density at radius 3 is 2.00 bits per heavy atom. The number of hydrogen-bond acceptors (Lipinski definition) is 3. The lowest BCUT2D eigenvalue weighted by atomic mass is 10.4. The van der Waals surface area contributed by atoms with Crippen molar-refractivity contribution in [1.82, 2.24) is 4.72 Å². The van der Waals surface area contributed by atoms with Crippen LogP contribution in [-0.4, -0.2) is 14.3 Å². The highest BCUT2D eigenvalue weighted by molar-refractivity contribution is 7.90. The molecule has 0 atom stereocenters. The summed E-state index contributed by atoms with van der Waals surface area (Å²) in [5, 5.41) is 0. The maximum absolute atomic E-state index is 11.3. The average Bonchev–Trinajstić information content (AvgIpc) is 2.04. The van der Waals surface area contributed by atoms with Gasteiger partial charge in [0.05, 0.1) is 4.90 Å². The van der Waals surface area contributed by atoms with E-state index in [9.17, 15) is 13.2 Å². The van der Waals surface area contributed by atoms with Gasteiger partial charge in [-0.3, -0.25) is 4.79 Å². The third kappa shape index (κ3) is 5.01. The third-order valence-electron chi connectivity index (χ3n) is 1.33. The van der Waals surface area contributed by atoms with Gasteiger partial charge in [-0.05, 0) is 12.1 Å². The Labute approximate surface area is 101 Å². The van der Waals surface area contributed by atoms with Crippen LogP contribution in [0.25, 0.3) is 0 Å². The molecule has 1 aromatic carbocycles. The molecule has 7 heteroatoms. The molecule has 0 spiro atoms. The summed E-state index contributed by atoms with van der Waals surface area (Å²) < 4.78 is 24.5. The summed E-state index contributed by atoms with van der Waals surface area (Å²) in [6.45, 7) is 1.15. The van der Waals surface area contributed by atoms with E-state index in [1.54, 1.807) is 18.2 Å². The predicted octanol–water partition coefficient (Wildman–Crippen LogP) is 1.35. The molecule has 4 nitrogen and oxygen atoms in total. The molecule has 1 amide bonds. The highest BCUT2D eigenvalue weighted by Gasteiger charge is 2.13. The van der Waals surface area contributed by atoms with Crippen LogP contribution in [0, 0.1) is 0 Å². The second kappa shape index (κ2) is 6.66. The van der Waals surface area contributed by atoms with Crippen molar-refractivity contribution >= 4 is 40.7 Å². The van der Waals surface area contributed by atoms with Gasteiger partial charge in [-0.25, -0.2) is 13.1 Å². The maximum Gasteiger partial charge on any atom is 0.264 e. The van der Waals surface area contributed by atoms with Crippen LogP contribution < -0.4 is 4.72 Å². The first kappa shape index (κ1) is 16.6. The van der Waals surface area contributed by atoms with Crippen LogP contribution in [0.15, 0.2) is 35.2 Å². The van der Waals surface area contributed by atoms with Crippen molar-refractivity contribution in [2.24, 2.45) is 0 Å². The van der Waals surface area contributed by atoms with E-state index in [0.29, 0.717) is 0 Å². The van der Waals surface area contributed by atoms with Crippen LogP contribution in [0.3, 0.4) is 0 Å². The largest absolute Gasteiger partial charge is 0.274 e. The number of rotatable bonds is 2. The molecule has 0 unspecified atom stereocenters. The molecule has 86 valence electrons. The minimum absolute atomic E-state index is 0. The second-order valence-electron chi connectivity index (χ2n) is 2.47. The van der Waals surface area contributed by atoms with E-state index in [1.807, 2.05) is 4.72 Å². The number of carbonyl (C=O) groups is 1. The van der Waals surface area contributed by atoms with Gasteiger partial charge >= 0.3 is 0 Å². The monoisotopic (exact) mass is 271 g/mol. The number of amides is 1. The first-order valence-electron chi connectivity index (χ1n) is 3.61. The Hall–Kier alpha value is -0.780. The Bertz CT molecular complexity index is 405. The van der Waals surface area contributed by atoms with Gasteiger partial charge in [0.2, 0.25) is 5.91 Å². The molecular formula is C8H11Cl2NO3S. The molecule has 0 aliphatic heterocycles. The molecule has 15 heavy (non-hydrogen) atoms. The minimum Gasteiger partial charge on any atom is -0.274 e. The lowest BCUT2D eigenvalue weighted by molar-refractivity contribution is -0.117. The second-order valence-corrected chi connectivity index (χ2v) is 4.16. The zero-order valence-corrected chi connectivity index (χ0v) is 10.3. The Balaban J connectivity index is 0. The van der Waals surface area contributed by atoms with Gasteiger partial charge in [-0.1, -0.05) is 18.2 Å². The smallest absolute Gasteiger partial charge is 0.264 e. The number of benzene rings is 1. The van der Waals surface area contributed by atoms with Crippen molar-refractivity contribution in [2.45, 2.75) is 11.8 Å². The lowest BCUT2D eigenvalue weighted by Crippen LogP contribution is -2.27. The van der Waals surface area contributed by atoms with Crippen molar-refractivity contribution in [3.8, 4) is 0 Å². The van der Waals surface area contributed by atoms with Gasteiger partial charge in [-0.15, -0.1) is 24.8 Å². The summed E-state index contributed by atoms with van der Waals surface area (Å²) in [4.78, 5) is 10.6. The number of sulfonamides is 1. The molecule has 0 fully saturated rings. The van der Waals surface area contributed by atoms with Crippen LogP contribution in [0.4, 0.5) is 0 Å². The number of hydrogen-bond donors (Lipinski definition) is 1. The van der Waals surface area contributed by atoms with E-state index in [-0.39, 0.29) is 29.7 Å². The standard InChI is InChI=1S/C8H9NO3S.2ClH/c1-7(10)9-13(11,12)8-5-3-2-4-6-8;;/h2-6H,1H3,(H,9,10);2*1H. The van der Waals surface area contributed by atoms with Crippen LogP contribution >= 0.6 is 24.8 Å². The molecular weight excluding hydrogens is 261 g/mol. The summed E-state index contributed by atoms with van der Waals surface area (Å²) in [6, 6.07) is 7.73. The van der Waals surface area contributed by atoms with Gasteiger partial charge in [0.1, 0.15) is 0 Å². The molecule has 0 bridgehead atoms. The fourth-order valence-corrected chi connectivity index (χ4v) is 1.86. The number of halogens is 2. The lowest BCUT2D eigenvalue weighted by Gasteiger charge is -2.02. The van der Waals surface area contributed by atoms with E-state index in [2.05, 4.69) is 0 Å². The van der Waals surface area contributed by atoms with Gasteiger partial charge in [0, 0.05) is 6.92 Å². The molecule has 0 aromatic heterocycles. The Morgan fingerprint density at radius 1 is 1.13 bits per heavy atom. The van der Waals surface area contributed by atoms with Crippen molar-refractivity contribution in [2.75, 3.05) is 0 Å². The van der Waals surface area contributed by atoms with Crippen molar-refractivity contribution in [1.29, 1.82) is 0 Å². The quantitative estimate of drug-likeness (QED) is 0.884. The van der Waals surface area contributed by atoms with E-state index >= 15 is 0 Å². The van der Waals surface area contributed by atoms with Gasteiger partial charge in [0.25, 0.3) is 10.0 Å². The van der Waals surface area contributed by atoms with Crippen molar-refractivity contribution in [3.63, 3.8) is 0 Å². The molecule has 0 heterocycles. The molecule has 0 aliphatic carbocycles. The Morgan fingerprint density at radius 2 is 1.60 bits per heavy atom. The summed E-state index contributed by atoms with van der Waals surface area (Å²) >= 11 is 0. The van der Waals surface area contributed by atoms with Crippen LogP contribution in [-0.2, 0) is 14.8 Å². The van der Waals surface area contributed by atoms with E-state index in [4.69, 9.17) is 0 Å². The topological polar surface area (TPSA) is 63.2 Å². The van der Waals surface area contributed by atoms with Gasteiger partial charge in [0.15, 0.2) is 0 Å². The fourth-order valence-electron chi connectivity index (χ4n) is 0.848. The maximum atomic E-state index is 11.3. The highest BCUT2D eigenvalue weighted by Crippen LogP contribution is 2.06.